The molecule has 1 heterocycles. The first-order chi connectivity index (χ1) is 13.8. The third-order valence-electron chi connectivity index (χ3n) is 4.83. The topological polar surface area (TPSA) is 66.5 Å². The average molecular weight is 441 g/mol. The van der Waals surface area contributed by atoms with Crippen LogP contribution in [0.3, 0.4) is 0 Å². The third-order valence-corrected chi connectivity index (χ3v) is 7.47. The number of halogens is 2. The molecule has 1 aliphatic rings. The normalized spacial score (nSPS) is 16.1. The van der Waals surface area contributed by atoms with E-state index in [1.165, 1.54) is 16.4 Å². The van der Waals surface area contributed by atoms with Gasteiger partial charge in [-0.1, -0.05) is 29.5 Å². The van der Waals surface area contributed by atoms with E-state index >= 15 is 0 Å². The second-order valence-electron chi connectivity index (χ2n) is 6.88. The Hall–Kier alpha value is -1.97. The van der Waals surface area contributed by atoms with Crippen molar-refractivity contribution in [2.75, 3.05) is 18.4 Å². The number of carbonyl (C=O) groups excluding carboxylic acids is 1. The van der Waals surface area contributed by atoms with Crippen LogP contribution in [0.4, 0.5) is 14.5 Å². The van der Waals surface area contributed by atoms with Gasteiger partial charge >= 0.3 is 0 Å². The number of nitrogens with one attached hydrogen (secondary N) is 1. The minimum absolute atomic E-state index is 0.188. The molecule has 9 heteroatoms. The molecule has 1 N–H and O–H groups in total. The van der Waals surface area contributed by atoms with Gasteiger partial charge < -0.3 is 5.32 Å². The molecule has 156 valence electrons. The summed E-state index contributed by atoms with van der Waals surface area (Å²) in [6.45, 7) is 2.45. The van der Waals surface area contributed by atoms with E-state index < -0.39 is 15.8 Å². The number of rotatable bonds is 6. The molecule has 1 aliphatic heterocycles. The van der Waals surface area contributed by atoms with Crippen LogP contribution >= 0.6 is 11.8 Å². The number of benzene rings is 2. The predicted octanol–water partition coefficient (Wildman–Crippen LogP) is 4.35. The lowest BCUT2D eigenvalue weighted by atomic mass is 9.97. The maximum absolute atomic E-state index is 12.7. The highest BCUT2D eigenvalue weighted by Crippen LogP contribution is 2.28. The molecule has 0 saturated carbocycles. The Morgan fingerprint density at radius 3 is 2.21 bits per heavy atom. The number of anilines is 1. The van der Waals surface area contributed by atoms with Gasteiger partial charge in [0.25, 0.3) is 5.76 Å². The minimum Gasteiger partial charge on any atom is -0.326 e. The lowest BCUT2D eigenvalue weighted by molar-refractivity contribution is -0.120. The number of thioether (sulfide) groups is 1. The van der Waals surface area contributed by atoms with Crippen LogP contribution in [0.15, 0.2) is 58.3 Å². The van der Waals surface area contributed by atoms with Gasteiger partial charge in [0.05, 0.1) is 4.90 Å². The van der Waals surface area contributed by atoms with Crippen LogP contribution < -0.4 is 5.32 Å². The number of sulfonamides is 1. The maximum Gasteiger partial charge on any atom is 0.288 e. The number of hydrogen-bond acceptors (Lipinski definition) is 4. The van der Waals surface area contributed by atoms with Gasteiger partial charge in [-0.05, 0) is 56.2 Å². The van der Waals surface area contributed by atoms with E-state index in [1.807, 2.05) is 6.92 Å². The fourth-order valence-corrected chi connectivity index (χ4v) is 5.15. The van der Waals surface area contributed by atoms with E-state index in [9.17, 15) is 22.0 Å². The lowest BCUT2D eigenvalue weighted by Gasteiger charge is -2.30. The molecule has 0 radical (unpaired) electrons. The number of aryl methyl sites for hydroxylation is 1. The van der Waals surface area contributed by atoms with Gasteiger partial charge in [-0.25, -0.2) is 8.42 Å². The largest absolute Gasteiger partial charge is 0.326 e. The highest BCUT2D eigenvalue weighted by Gasteiger charge is 2.32. The lowest BCUT2D eigenvalue weighted by Crippen LogP contribution is -2.41. The van der Waals surface area contributed by atoms with E-state index in [0.717, 1.165) is 5.56 Å². The van der Waals surface area contributed by atoms with Crippen molar-refractivity contribution >= 4 is 33.4 Å². The van der Waals surface area contributed by atoms with E-state index in [4.69, 9.17) is 0 Å². The molecule has 2 aromatic rings. The highest BCUT2D eigenvalue weighted by atomic mass is 32.2. The molecule has 0 aliphatic carbocycles. The van der Waals surface area contributed by atoms with Crippen LogP contribution in [-0.2, 0) is 14.8 Å². The van der Waals surface area contributed by atoms with Gasteiger partial charge in [-0.3, -0.25) is 4.79 Å². The third kappa shape index (κ3) is 5.55. The summed E-state index contributed by atoms with van der Waals surface area (Å²) in [5.74, 6) is -2.97. The first-order valence-electron chi connectivity index (χ1n) is 9.18. The van der Waals surface area contributed by atoms with Gasteiger partial charge in [0.15, 0.2) is 0 Å². The fraction of sp³-hybridized carbons (Fsp3) is 0.350. The molecular weight excluding hydrogens is 418 g/mol. The zero-order valence-electron chi connectivity index (χ0n) is 15.8. The van der Waals surface area contributed by atoms with Crippen molar-refractivity contribution in [1.82, 2.24) is 4.31 Å². The Bertz CT molecular complexity index is 941. The Labute approximate surface area is 173 Å². The zero-order valence-corrected chi connectivity index (χ0v) is 17.5. The number of hydrogen-bond donors (Lipinski definition) is 1. The molecule has 0 atom stereocenters. The summed E-state index contributed by atoms with van der Waals surface area (Å²) in [5.41, 5.74) is 1.52. The molecule has 0 unspecified atom stereocenters. The van der Waals surface area contributed by atoms with Crippen molar-refractivity contribution in [3.63, 3.8) is 0 Å². The highest BCUT2D eigenvalue weighted by molar-refractivity contribution is 7.99. The standard InChI is InChI=1S/C20H22F2N2O3S2/c1-14-2-8-18(9-3-14)29(26,27)24-12-10-15(11-13-24)19(25)23-16-4-6-17(7-5-16)28-20(21)22/h2-9,15,20H,10-13H2,1H3,(H,23,25). The maximum atomic E-state index is 12.7. The molecule has 1 amide bonds. The predicted molar refractivity (Wildman–Crippen MR) is 110 cm³/mol. The van der Waals surface area contributed by atoms with Crippen LogP contribution in [0.5, 0.6) is 0 Å². The van der Waals surface area contributed by atoms with Crippen LogP contribution in [0, 0.1) is 12.8 Å². The van der Waals surface area contributed by atoms with Crippen LogP contribution in [0.1, 0.15) is 18.4 Å². The van der Waals surface area contributed by atoms with Crippen molar-refractivity contribution in [2.24, 2.45) is 5.92 Å². The Balaban J connectivity index is 1.56. The zero-order chi connectivity index (χ0) is 21.0. The van der Waals surface area contributed by atoms with Crippen molar-refractivity contribution in [2.45, 2.75) is 35.3 Å². The van der Waals surface area contributed by atoms with Gasteiger partial charge in [-0.2, -0.15) is 13.1 Å². The van der Waals surface area contributed by atoms with Crippen molar-refractivity contribution in [3.05, 3.63) is 54.1 Å². The Morgan fingerprint density at radius 1 is 1.07 bits per heavy atom. The number of amides is 1. The average Bonchev–Trinajstić information content (AvgIpc) is 2.69. The molecule has 0 spiro atoms. The smallest absolute Gasteiger partial charge is 0.288 e. The van der Waals surface area contributed by atoms with E-state index in [1.54, 1.807) is 36.4 Å². The summed E-state index contributed by atoms with van der Waals surface area (Å²) in [7, 11) is -3.56. The molecule has 0 aromatic heterocycles. The summed E-state index contributed by atoms with van der Waals surface area (Å²) < 4.78 is 51.6. The summed E-state index contributed by atoms with van der Waals surface area (Å²) >= 11 is 0.447. The summed E-state index contributed by atoms with van der Waals surface area (Å²) in [6, 6.07) is 12.9. The van der Waals surface area contributed by atoms with Crippen LogP contribution in [0.2, 0.25) is 0 Å². The van der Waals surface area contributed by atoms with Crippen molar-refractivity contribution in [3.8, 4) is 0 Å². The summed E-state index contributed by atoms with van der Waals surface area (Å²) in [5, 5.41) is 2.78. The Morgan fingerprint density at radius 2 is 1.66 bits per heavy atom. The molecule has 5 nitrogen and oxygen atoms in total. The van der Waals surface area contributed by atoms with Crippen molar-refractivity contribution in [1.29, 1.82) is 0 Å². The van der Waals surface area contributed by atoms with Crippen LogP contribution in [-0.4, -0.2) is 37.5 Å². The monoisotopic (exact) mass is 440 g/mol. The second-order valence-corrected chi connectivity index (χ2v) is 9.88. The molecule has 1 saturated heterocycles. The number of nitrogens with zero attached hydrogens (tertiary/aromatic N) is 1. The van der Waals surface area contributed by atoms with Gasteiger partial charge in [-0.15, -0.1) is 0 Å². The first-order valence-corrected chi connectivity index (χ1v) is 11.5. The first kappa shape index (κ1) is 21.7. The van der Waals surface area contributed by atoms with E-state index in [0.29, 0.717) is 35.2 Å². The quantitative estimate of drug-likeness (QED) is 0.679. The second kappa shape index (κ2) is 9.23. The fourth-order valence-electron chi connectivity index (χ4n) is 3.18. The summed E-state index contributed by atoms with van der Waals surface area (Å²) in [6.07, 6.45) is 0.854. The Kier molecular flexibility index (Phi) is 6.92. The van der Waals surface area contributed by atoms with Gasteiger partial charge in [0, 0.05) is 29.6 Å². The molecule has 3 rings (SSSR count). The summed E-state index contributed by atoms with van der Waals surface area (Å²) in [4.78, 5) is 13.2. The number of alkyl halides is 2. The molecular formula is C20H22F2N2O3S2. The van der Waals surface area contributed by atoms with Crippen molar-refractivity contribution < 1.29 is 22.0 Å². The van der Waals surface area contributed by atoms with Gasteiger partial charge in [0.2, 0.25) is 15.9 Å². The SMILES string of the molecule is Cc1ccc(S(=O)(=O)N2CCC(C(=O)Nc3ccc(SC(F)F)cc3)CC2)cc1. The van der Waals surface area contributed by atoms with E-state index in [2.05, 4.69) is 5.32 Å². The molecule has 29 heavy (non-hydrogen) atoms. The number of carbonyl (C=O) groups is 1. The number of piperidine rings is 1. The van der Waals surface area contributed by atoms with Gasteiger partial charge in [0.1, 0.15) is 0 Å². The van der Waals surface area contributed by atoms with Crippen LogP contribution in [0.25, 0.3) is 0 Å². The molecule has 2 aromatic carbocycles. The minimum atomic E-state index is -3.56. The molecule has 0 bridgehead atoms. The molecule has 1 fully saturated rings. The van der Waals surface area contributed by atoms with E-state index in [-0.39, 0.29) is 29.8 Å².